The number of hydrogen-bond acceptors (Lipinski definition) is 4. The number of nitrogens with zero attached hydrogens (tertiary/aromatic N) is 3. The number of aromatic nitrogens is 1. The Morgan fingerprint density at radius 1 is 1.41 bits per heavy atom. The fourth-order valence-corrected chi connectivity index (χ4v) is 2.54. The van der Waals surface area contributed by atoms with Crippen molar-refractivity contribution in [3.63, 3.8) is 0 Å². The van der Waals surface area contributed by atoms with Crippen LogP contribution in [0.2, 0.25) is 0 Å². The summed E-state index contributed by atoms with van der Waals surface area (Å²) < 4.78 is 0. The Balaban J connectivity index is 2.13. The summed E-state index contributed by atoms with van der Waals surface area (Å²) in [6.45, 7) is 4.33. The zero-order valence-corrected chi connectivity index (χ0v) is 10.8. The smallest absolute Gasteiger partial charge is 0.128 e. The molecule has 0 saturated carbocycles. The third kappa shape index (κ3) is 2.58. The van der Waals surface area contributed by atoms with Crippen LogP contribution in [0, 0.1) is 5.92 Å². The first-order valence-corrected chi connectivity index (χ1v) is 6.10. The van der Waals surface area contributed by atoms with Gasteiger partial charge in [0.15, 0.2) is 0 Å². The molecule has 0 spiro atoms. The molecule has 94 valence electrons. The van der Waals surface area contributed by atoms with E-state index in [4.69, 9.17) is 5.11 Å². The standard InChI is InChI=1S/C13H21N3O/c1-10-7-16(8-12(10)15(2)3)13-6-4-5-11(9-17)14-13/h4-6,10,12,17H,7-9H2,1-3H3. The highest BCUT2D eigenvalue weighted by atomic mass is 16.3. The summed E-state index contributed by atoms with van der Waals surface area (Å²) in [5.74, 6) is 1.62. The highest BCUT2D eigenvalue weighted by molar-refractivity contribution is 5.41. The first-order valence-electron chi connectivity index (χ1n) is 6.10. The van der Waals surface area contributed by atoms with E-state index in [1.165, 1.54) is 0 Å². The summed E-state index contributed by atoms with van der Waals surface area (Å²) in [5, 5.41) is 9.11. The van der Waals surface area contributed by atoms with Crippen molar-refractivity contribution in [2.45, 2.75) is 19.6 Å². The van der Waals surface area contributed by atoms with Crippen molar-refractivity contribution in [3.8, 4) is 0 Å². The Morgan fingerprint density at radius 2 is 2.18 bits per heavy atom. The van der Waals surface area contributed by atoms with Gasteiger partial charge in [0.2, 0.25) is 0 Å². The predicted octanol–water partition coefficient (Wildman–Crippen LogP) is 0.960. The van der Waals surface area contributed by atoms with Crippen LogP contribution in [0.4, 0.5) is 5.82 Å². The summed E-state index contributed by atoms with van der Waals surface area (Å²) in [6.07, 6.45) is 0. The number of anilines is 1. The molecular formula is C13H21N3O. The molecule has 1 aliphatic rings. The maximum atomic E-state index is 9.11. The van der Waals surface area contributed by atoms with Gasteiger partial charge in [-0.1, -0.05) is 13.0 Å². The lowest BCUT2D eigenvalue weighted by Gasteiger charge is -2.22. The van der Waals surface area contributed by atoms with E-state index in [0.29, 0.717) is 12.0 Å². The summed E-state index contributed by atoms with van der Waals surface area (Å²) in [4.78, 5) is 9.04. The summed E-state index contributed by atoms with van der Waals surface area (Å²) in [7, 11) is 4.25. The molecule has 4 nitrogen and oxygen atoms in total. The Hall–Kier alpha value is -1.13. The van der Waals surface area contributed by atoms with E-state index in [9.17, 15) is 0 Å². The van der Waals surface area contributed by atoms with E-state index < -0.39 is 0 Å². The average molecular weight is 235 g/mol. The molecule has 17 heavy (non-hydrogen) atoms. The molecule has 1 fully saturated rings. The van der Waals surface area contributed by atoms with E-state index in [-0.39, 0.29) is 6.61 Å². The quantitative estimate of drug-likeness (QED) is 0.847. The molecule has 1 N–H and O–H groups in total. The molecule has 2 unspecified atom stereocenters. The third-order valence-corrected chi connectivity index (χ3v) is 3.51. The summed E-state index contributed by atoms with van der Waals surface area (Å²) in [5.41, 5.74) is 0.739. The van der Waals surface area contributed by atoms with Gasteiger partial charge in [-0.3, -0.25) is 0 Å². The van der Waals surface area contributed by atoms with Gasteiger partial charge in [0, 0.05) is 19.1 Å². The molecule has 2 rings (SSSR count). The lowest BCUT2D eigenvalue weighted by molar-refractivity contribution is 0.266. The van der Waals surface area contributed by atoms with Crippen molar-refractivity contribution in [1.29, 1.82) is 0 Å². The summed E-state index contributed by atoms with van der Waals surface area (Å²) in [6, 6.07) is 6.41. The lowest BCUT2D eigenvalue weighted by atomic mass is 10.1. The van der Waals surface area contributed by atoms with Gasteiger partial charge in [-0.25, -0.2) is 4.98 Å². The largest absolute Gasteiger partial charge is 0.390 e. The van der Waals surface area contributed by atoms with Gasteiger partial charge in [0.25, 0.3) is 0 Å². The summed E-state index contributed by atoms with van der Waals surface area (Å²) >= 11 is 0. The van der Waals surface area contributed by atoms with Crippen LogP contribution >= 0.6 is 0 Å². The number of hydrogen-bond donors (Lipinski definition) is 1. The Kier molecular flexibility index (Phi) is 3.64. The van der Waals surface area contributed by atoms with Crippen LogP contribution in [-0.4, -0.2) is 48.2 Å². The molecule has 1 aromatic heterocycles. The molecule has 4 heteroatoms. The van der Waals surface area contributed by atoms with Crippen LogP contribution in [0.25, 0.3) is 0 Å². The van der Waals surface area contributed by atoms with Gasteiger partial charge in [-0.2, -0.15) is 0 Å². The van der Waals surface area contributed by atoms with Crippen molar-refractivity contribution in [1.82, 2.24) is 9.88 Å². The maximum absolute atomic E-state index is 9.11. The van der Waals surface area contributed by atoms with E-state index in [0.717, 1.165) is 24.6 Å². The second-order valence-electron chi connectivity index (χ2n) is 5.06. The monoisotopic (exact) mass is 235 g/mol. The molecule has 1 aliphatic heterocycles. The van der Waals surface area contributed by atoms with E-state index in [2.05, 4.69) is 35.8 Å². The van der Waals surface area contributed by atoms with E-state index in [1.54, 1.807) is 0 Å². The maximum Gasteiger partial charge on any atom is 0.128 e. The first kappa shape index (κ1) is 12.3. The molecule has 0 aliphatic carbocycles. The Bertz CT molecular complexity index is 381. The van der Waals surface area contributed by atoms with Crippen LogP contribution in [0.5, 0.6) is 0 Å². The number of rotatable bonds is 3. The minimum absolute atomic E-state index is 0.00828. The molecule has 2 heterocycles. The van der Waals surface area contributed by atoms with E-state index >= 15 is 0 Å². The van der Waals surface area contributed by atoms with Crippen LogP contribution in [-0.2, 0) is 6.61 Å². The third-order valence-electron chi connectivity index (χ3n) is 3.51. The van der Waals surface area contributed by atoms with Gasteiger partial charge < -0.3 is 14.9 Å². The molecule has 0 bridgehead atoms. The fourth-order valence-electron chi connectivity index (χ4n) is 2.54. The number of aliphatic hydroxyl groups excluding tert-OH is 1. The first-order chi connectivity index (χ1) is 8.11. The average Bonchev–Trinajstić information content (AvgIpc) is 2.71. The van der Waals surface area contributed by atoms with Crippen LogP contribution in [0.15, 0.2) is 18.2 Å². The Labute approximate surface area is 103 Å². The fraction of sp³-hybridized carbons (Fsp3) is 0.615. The van der Waals surface area contributed by atoms with Crippen molar-refractivity contribution in [2.24, 2.45) is 5.92 Å². The zero-order chi connectivity index (χ0) is 12.4. The molecule has 1 saturated heterocycles. The SMILES string of the molecule is CC1CN(c2cccc(CO)n2)CC1N(C)C. The van der Waals surface area contributed by atoms with E-state index in [1.807, 2.05) is 18.2 Å². The molecule has 1 aromatic rings. The zero-order valence-electron chi connectivity index (χ0n) is 10.8. The molecular weight excluding hydrogens is 214 g/mol. The number of aliphatic hydroxyl groups is 1. The van der Waals surface area contributed by atoms with Gasteiger partial charge >= 0.3 is 0 Å². The lowest BCUT2D eigenvalue weighted by Crippen LogP contribution is -2.34. The number of likely N-dealkylation sites (N-methyl/N-ethyl adjacent to an activating group) is 1. The predicted molar refractivity (Wildman–Crippen MR) is 69.0 cm³/mol. The van der Waals surface area contributed by atoms with Crippen LogP contribution in [0.3, 0.4) is 0 Å². The van der Waals surface area contributed by atoms with Gasteiger partial charge in [0.1, 0.15) is 5.82 Å². The normalized spacial score (nSPS) is 24.6. The molecule has 0 radical (unpaired) electrons. The van der Waals surface area contributed by atoms with Crippen molar-refractivity contribution < 1.29 is 5.11 Å². The van der Waals surface area contributed by atoms with Gasteiger partial charge in [-0.15, -0.1) is 0 Å². The highest BCUT2D eigenvalue weighted by Gasteiger charge is 2.31. The van der Waals surface area contributed by atoms with Gasteiger partial charge in [-0.05, 0) is 32.1 Å². The molecule has 2 atom stereocenters. The Morgan fingerprint density at radius 3 is 2.76 bits per heavy atom. The van der Waals surface area contributed by atoms with Crippen LogP contribution in [0.1, 0.15) is 12.6 Å². The van der Waals surface area contributed by atoms with Crippen molar-refractivity contribution in [2.75, 3.05) is 32.1 Å². The topological polar surface area (TPSA) is 39.6 Å². The van der Waals surface area contributed by atoms with Crippen molar-refractivity contribution in [3.05, 3.63) is 23.9 Å². The second kappa shape index (κ2) is 5.02. The van der Waals surface area contributed by atoms with Gasteiger partial charge in [0.05, 0.1) is 12.3 Å². The molecule has 0 aromatic carbocycles. The minimum Gasteiger partial charge on any atom is -0.390 e. The minimum atomic E-state index is 0.00828. The highest BCUT2D eigenvalue weighted by Crippen LogP contribution is 2.24. The van der Waals surface area contributed by atoms with Crippen LogP contribution < -0.4 is 4.90 Å². The second-order valence-corrected chi connectivity index (χ2v) is 5.06. The van der Waals surface area contributed by atoms with Crippen molar-refractivity contribution >= 4 is 5.82 Å². The number of pyridine rings is 1. The molecule has 0 amide bonds.